The Morgan fingerprint density at radius 1 is 0.947 bits per heavy atom. The average Bonchev–Trinajstić information content (AvgIpc) is 2.48. The molecule has 2 aromatic carbocycles. The van der Waals surface area contributed by atoms with Crippen LogP contribution in [0.25, 0.3) is 10.8 Å². The van der Waals surface area contributed by atoms with Gasteiger partial charge in [0.05, 0.1) is 12.4 Å². The smallest absolute Gasteiger partial charge is 0.237 e. The standard InChI is InChI=1S/C15H9N3O/c16-8-13-9-18-15(10-17-13)19-14-6-5-11-3-1-2-4-12(11)7-14/h1-7,9-10H. The van der Waals surface area contributed by atoms with Gasteiger partial charge in [0.15, 0.2) is 5.69 Å². The zero-order valence-corrected chi connectivity index (χ0v) is 9.95. The van der Waals surface area contributed by atoms with E-state index in [1.807, 2.05) is 48.5 Å². The second-order valence-corrected chi connectivity index (χ2v) is 3.96. The number of aromatic nitrogens is 2. The highest BCUT2D eigenvalue weighted by Gasteiger charge is 2.01. The predicted molar refractivity (Wildman–Crippen MR) is 70.8 cm³/mol. The Morgan fingerprint density at radius 3 is 2.53 bits per heavy atom. The highest BCUT2D eigenvalue weighted by Crippen LogP contribution is 2.24. The van der Waals surface area contributed by atoms with E-state index in [1.165, 1.54) is 12.4 Å². The largest absolute Gasteiger partial charge is 0.437 e. The average molecular weight is 247 g/mol. The SMILES string of the molecule is N#Cc1cnc(Oc2ccc3ccccc3c2)cn1. The number of nitriles is 1. The molecule has 0 bridgehead atoms. The summed E-state index contributed by atoms with van der Waals surface area (Å²) in [4.78, 5) is 7.92. The molecular weight excluding hydrogens is 238 g/mol. The summed E-state index contributed by atoms with van der Waals surface area (Å²) in [5.41, 5.74) is 0.269. The molecule has 1 heterocycles. The minimum Gasteiger partial charge on any atom is -0.437 e. The van der Waals surface area contributed by atoms with Crippen molar-refractivity contribution >= 4 is 10.8 Å². The molecule has 0 fully saturated rings. The molecule has 19 heavy (non-hydrogen) atoms. The topological polar surface area (TPSA) is 58.8 Å². The molecule has 0 saturated carbocycles. The molecule has 4 nitrogen and oxygen atoms in total. The van der Waals surface area contributed by atoms with Crippen LogP contribution in [0.5, 0.6) is 11.6 Å². The van der Waals surface area contributed by atoms with Crippen molar-refractivity contribution in [2.45, 2.75) is 0 Å². The molecule has 3 aromatic rings. The van der Waals surface area contributed by atoms with Crippen molar-refractivity contribution in [2.75, 3.05) is 0 Å². The molecule has 0 amide bonds. The van der Waals surface area contributed by atoms with Gasteiger partial charge in [0.1, 0.15) is 11.8 Å². The van der Waals surface area contributed by atoms with Crippen molar-refractivity contribution < 1.29 is 4.74 Å². The van der Waals surface area contributed by atoms with E-state index in [2.05, 4.69) is 9.97 Å². The molecule has 0 unspecified atom stereocenters. The van der Waals surface area contributed by atoms with Crippen LogP contribution >= 0.6 is 0 Å². The zero-order chi connectivity index (χ0) is 13.1. The molecule has 4 heteroatoms. The third-order valence-corrected chi connectivity index (χ3v) is 2.69. The third kappa shape index (κ3) is 2.35. The lowest BCUT2D eigenvalue weighted by atomic mass is 10.1. The molecule has 90 valence electrons. The van der Waals surface area contributed by atoms with Gasteiger partial charge >= 0.3 is 0 Å². The lowest BCUT2D eigenvalue weighted by molar-refractivity contribution is 0.460. The molecule has 1 aromatic heterocycles. The Balaban J connectivity index is 1.90. The highest BCUT2D eigenvalue weighted by atomic mass is 16.5. The Hall–Kier alpha value is -2.93. The number of nitrogens with zero attached hydrogens (tertiary/aromatic N) is 3. The van der Waals surface area contributed by atoms with Gasteiger partial charge in [-0.15, -0.1) is 0 Å². The molecular formula is C15H9N3O. The van der Waals surface area contributed by atoms with Crippen molar-refractivity contribution in [3.8, 4) is 17.7 Å². The Morgan fingerprint density at radius 2 is 1.79 bits per heavy atom. The molecule has 0 spiro atoms. The first-order valence-corrected chi connectivity index (χ1v) is 5.74. The molecule has 0 atom stereocenters. The Labute approximate surface area is 109 Å². The van der Waals surface area contributed by atoms with Gasteiger partial charge in [-0.05, 0) is 22.9 Å². The van der Waals surface area contributed by atoms with Gasteiger partial charge in [0.2, 0.25) is 5.88 Å². The Bertz CT molecular complexity index is 760. The Kier molecular flexibility index (Phi) is 2.79. The summed E-state index contributed by atoms with van der Waals surface area (Å²) in [5, 5.41) is 10.9. The van der Waals surface area contributed by atoms with Crippen LogP contribution in [0, 0.1) is 11.3 Å². The fraction of sp³-hybridized carbons (Fsp3) is 0. The highest BCUT2D eigenvalue weighted by molar-refractivity contribution is 5.83. The van der Waals surface area contributed by atoms with Crippen molar-refractivity contribution in [3.63, 3.8) is 0 Å². The molecule has 0 N–H and O–H groups in total. The molecule has 3 rings (SSSR count). The van der Waals surface area contributed by atoms with Gasteiger partial charge in [-0.2, -0.15) is 5.26 Å². The first-order chi connectivity index (χ1) is 9.35. The second-order valence-electron chi connectivity index (χ2n) is 3.96. The van der Waals surface area contributed by atoms with Crippen LogP contribution in [0.15, 0.2) is 54.9 Å². The number of fused-ring (bicyclic) bond motifs is 1. The van der Waals surface area contributed by atoms with Gasteiger partial charge < -0.3 is 4.74 Å². The van der Waals surface area contributed by atoms with Gasteiger partial charge in [-0.25, -0.2) is 9.97 Å². The van der Waals surface area contributed by atoms with Crippen molar-refractivity contribution in [2.24, 2.45) is 0 Å². The minimum absolute atomic E-state index is 0.269. The summed E-state index contributed by atoms with van der Waals surface area (Å²) in [7, 11) is 0. The van der Waals surface area contributed by atoms with Crippen molar-refractivity contribution in [3.05, 3.63) is 60.6 Å². The summed E-state index contributed by atoms with van der Waals surface area (Å²) in [5.74, 6) is 1.06. The number of hydrogen-bond acceptors (Lipinski definition) is 4. The molecule has 0 aliphatic rings. The quantitative estimate of drug-likeness (QED) is 0.697. The molecule has 0 radical (unpaired) electrons. The van der Waals surface area contributed by atoms with Crippen molar-refractivity contribution in [1.82, 2.24) is 9.97 Å². The number of rotatable bonds is 2. The van der Waals surface area contributed by atoms with E-state index >= 15 is 0 Å². The third-order valence-electron chi connectivity index (χ3n) is 2.69. The van der Waals surface area contributed by atoms with Crippen LogP contribution in [0.1, 0.15) is 5.69 Å². The van der Waals surface area contributed by atoms with E-state index in [-0.39, 0.29) is 5.69 Å². The zero-order valence-electron chi connectivity index (χ0n) is 9.95. The van der Waals surface area contributed by atoms with Gasteiger partial charge in [-0.3, -0.25) is 0 Å². The first kappa shape index (κ1) is 11.2. The fourth-order valence-corrected chi connectivity index (χ4v) is 1.78. The molecule has 0 aliphatic heterocycles. The first-order valence-electron chi connectivity index (χ1n) is 5.74. The number of benzene rings is 2. The van der Waals surface area contributed by atoms with E-state index in [1.54, 1.807) is 0 Å². The summed E-state index contributed by atoms with van der Waals surface area (Å²) in [6.07, 6.45) is 2.82. The monoisotopic (exact) mass is 247 g/mol. The maximum atomic E-state index is 8.64. The maximum Gasteiger partial charge on any atom is 0.237 e. The van der Waals surface area contributed by atoms with Crippen LogP contribution in [-0.4, -0.2) is 9.97 Å². The lowest BCUT2D eigenvalue weighted by Gasteiger charge is -2.05. The summed E-state index contributed by atoms with van der Waals surface area (Å²) >= 11 is 0. The molecule has 0 aliphatic carbocycles. The van der Waals surface area contributed by atoms with Gasteiger partial charge in [-0.1, -0.05) is 30.3 Å². The van der Waals surface area contributed by atoms with Gasteiger partial charge in [0, 0.05) is 0 Å². The van der Waals surface area contributed by atoms with Crippen LogP contribution in [0.3, 0.4) is 0 Å². The molecule has 0 saturated heterocycles. The van der Waals surface area contributed by atoms with Gasteiger partial charge in [0.25, 0.3) is 0 Å². The summed E-state index contributed by atoms with van der Waals surface area (Å²) < 4.78 is 5.60. The normalized spacial score (nSPS) is 10.1. The lowest BCUT2D eigenvalue weighted by Crippen LogP contribution is -1.91. The van der Waals surface area contributed by atoms with Crippen molar-refractivity contribution in [1.29, 1.82) is 5.26 Å². The van der Waals surface area contributed by atoms with Crippen LogP contribution in [0.2, 0.25) is 0 Å². The minimum atomic E-state index is 0.269. The summed E-state index contributed by atoms with van der Waals surface area (Å²) in [6, 6.07) is 15.8. The maximum absolute atomic E-state index is 8.64. The second kappa shape index (κ2) is 4.75. The summed E-state index contributed by atoms with van der Waals surface area (Å²) in [6.45, 7) is 0. The van der Waals surface area contributed by atoms with E-state index in [9.17, 15) is 0 Å². The predicted octanol–water partition coefficient (Wildman–Crippen LogP) is 3.29. The van der Waals surface area contributed by atoms with Crippen LogP contribution < -0.4 is 4.74 Å². The van der Waals surface area contributed by atoms with Crippen LogP contribution in [-0.2, 0) is 0 Å². The van der Waals surface area contributed by atoms with E-state index < -0.39 is 0 Å². The van der Waals surface area contributed by atoms with E-state index in [4.69, 9.17) is 10.00 Å². The van der Waals surface area contributed by atoms with E-state index in [0.717, 1.165) is 10.8 Å². The fourth-order valence-electron chi connectivity index (χ4n) is 1.78. The van der Waals surface area contributed by atoms with Crippen LogP contribution in [0.4, 0.5) is 0 Å². The number of ether oxygens (including phenoxy) is 1. The van der Waals surface area contributed by atoms with E-state index in [0.29, 0.717) is 11.6 Å². The number of hydrogen-bond donors (Lipinski definition) is 0.